The third-order valence-corrected chi connectivity index (χ3v) is 3.39. The summed E-state index contributed by atoms with van der Waals surface area (Å²) in [6.45, 7) is 7.66. The highest BCUT2D eigenvalue weighted by Crippen LogP contribution is 2.13. The highest BCUT2D eigenvalue weighted by Gasteiger charge is 2.12. The number of hydrogen-bond acceptors (Lipinski definition) is 4. The van der Waals surface area contributed by atoms with Crippen molar-refractivity contribution in [1.29, 1.82) is 0 Å². The van der Waals surface area contributed by atoms with E-state index in [-0.39, 0.29) is 23.3 Å². The number of nitrogens with one attached hydrogen (secondary N) is 1. The predicted octanol–water partition coefficient (Wildman–Crippen LogP) is 2.98. The van der Waals surface area contributed by atoms with E-state index >= 15 is 0 Å². The number of ether oxygens (including phenoxy) is 1. The average molecular weight is 341 g/mol. The van der Waals surface area contributed by atoms with Crippen LogP contribution in [-0.4, -0.2) is 22.8 Å². The fraction of sp³-hybridized carbons (Fsp3) is 0.316. The minimum atomic E-state index is -0.536. The van der Waals surface area contributed by atoms with Crippen LogP contribution in [0.3, 0.4) is 0 Å². The molecule has 1 amide bonds. The molecule has 0 radical (unpaired) electrons. The molecule has 1 aromatic heterocycles. The van der Waals surface area contributed by atoms with Crippen LogP contribution in [0.15, 0.2) is 52.5 Å². The third-order valence-electron chi connectivity index (χ3n) is 3.39. The van der Waals surface area contributed by atoms with Gasteiger partial charge in [-0.2, -0.15) is 5.10 Å². The van der Waals surface area contributed by atoms with E-state index in [9.17, 15) is 9.59 Å². The van der Waals surface area contributed by atoms with E-state index in [0.717, 1.165) is 11.3 Å². The second-order valence-corrected chi connectivity index (χ2v) is 6.17. The van der Waals surface area contributed by atoms with Gasteiger partial charge in [0.25, 0.3) is 11.5 Å². The van der Waals surface area contributed by atoms with Gasteiger partial charge in [0, 0.05) is 12.2 Å². The van der Waals surface area contributed by atoms with Crippen molar-refractivity contribution in [3.05, 3.63) is 64.1 Å². The molecule has 0 aliphatic heterocycles. The SMILES string of the molecule is CC(C)Oc1cccc(/C=N\NC(=O)c2cccn(C(C)C)c2=O)c1. The van der Waals surface area contributed by atoms with E-state index in [2.05, 4.69) is 10.5 Å². The lowest BCUT2D eigenvalue weighted by Crippen LogP contribution is -2.31. The summed E-state index contributed by atoms with van der Waals surface area (Å²) in [5, 5.41) is 3.93. The normalized spacial score (nSPS) is 11.3. The van der Waals surface area contributed by atoms with Crippen molar-refractivity contribution in [1.82, 2.24) is 9.99 Å². The highest BCUT2D eigenvalue weighted by molar-refractivity contribution is 5.94. The molecule has 6 nitrogen and oxygen atoms in total. The second-order valence-electron chi connectivity index (χ2n) is 6.17. The summed E-state index contributed by atoms with van der Waals surface area (Å²) in [7, 11) is 0. The molecule has 0 spiro atoms. The topological polar surface area (TPSA) is 72.7 Å². The number of amides is 1. The average Bonchev–Trinajstić information content (AvgIpc) is 2.54. The van der Waals surface area contributed by atoms with E-state index in [4.69, 9.17) is 4.74 Å². The number of rotatable bonds is 6. The van der Waals surface area contributed by atoms with Gasteiger partial charge in [0.1, 0.15) is 11.3 Å². The number of carbonyl (C=O) groups is 1. The van der Waals surface area contributed by atoms with Crippen LogP contribution in [0.1, 0.15) is 49.7 Å². The Kier molecular flexibility index (Phi) is 6.11. The van der Waals surface area contributed by atoms with Gasteiger partial charge in [0.15, 0.2) is 0 Å². The Hall–Kier alpha value is -2.89. The molecule has 0 aliphatic carbocycles. The summed E-state index contributed by atoms with van der Waals surface area (Å²) in [5.74, 6) is 0.194. The molecule has 132 valence electrons. The van der Waals surface area contributed by atoms with Crippen LogP contribution < -0.4 is 15.7 Å². The molecule has 0 saturated carbocycles. The fourth-order valence-electron chi connectivity index (χ4n) is 2.26. The number of nitrogens with zero attached hydrogens (tertiary/aromatic N) is 2. The van der Waals surface area contributed by atoms with E-state index in [1.54, 1.807) is 12.3 Å². The highest BCUT2D eigenvalue weighted by atomic mass is 16.5. The Bertz CT molecular complexity index is 823. The first kappa shape index (κ1) is 18.4. The summed E-state index contributed by atoms with van der Waals surface area (Å²) >= 11 is 0. The zero-order valence-electron chi connectivity index (χ0n) is 14.9. The molecule has 1 N–H and O–H groups in total. The number of hydrazone groups is 1. The van der Waals surface area contributed by atoms with Crippen LogP contribution in [0.2, 0.25) is 0 Å². The van der Waals surface area contributed by atoms with E-state index in [1.165, 1.54) is 16.8 Å². The van der Waals surface area contributed by atoms with E-state index in [0.29, 0.717) is 0 Å². The molecule has 0 atom stereocenters. The molecular formula is C19H23N3O3. The van der Waals surface area contributed by atoms with Crippen LogP contribution >= 0.6 is 0 Å². The van der Waals surface area contributed by atoms with E-state index in [1.807, 2.05) is 52.0 Å². The van der Waals surface area contributed by atoms with Crippen molar-refractivity contribution in [3.63, 3.8) is 0 Å². The van der Waals surface area contributed by atoms with Gasteiger partial charge in [-0.15, -0.1) is 0 Å². The first-order valence-electron chi connectivity index (χ1n) is 8.19. The fourth-order valence-corrected chi connectivity index (χ4v) is 2.26. The third kappa shape index (κ3) is 5.04. The summed E-state index contributed by atoms with van der Waals surface area (Å²) in [5.41, 5.74) is 2.90. The molecule has 6 heteroatoms. The molecule has 1 aromatic carbocycles. The Morgan fingerprint density at radius 1 is 1.20 bits per heavy atom. The lowest BCUT2D eigenvalue weighted by Gasteiger charge is -2.10. The van der Waals surface area contributed by atoms with Gasteiger partial charge < -0.3 is 9.30 Å². The smallest absolute Gasteiger partial charge is 0.276 e. The van der Waals surface area contributed by atoms with Gasteiger partial charge >= 0.3 is 0 Å². The molecule has 0 unspecified atom stereocenters. The van der Waals surface area contributed by atoms with Crippen molar-refractivity contribution in [2.45, 2.75) is 39.8 Å². The Balaban J connectivity index is 2.09. The van der Waals surface area contributed by atoms with Crippen molar-refractivity contribution >= 4 is 12.1 Å². The van der Waals surface area contributed by atoms with Crippen molar-refractivity contribution in [3.8, 4) is 5.75 Å². The summed E-state index contributed by atoms with van der Waals surface area (Å²) in [4.78, 5) is 24.4. The second kappa shape index (κ2) is 8.28. The Morgan fingerprint density at radius 3 is 2.64 bits per heavy atom. The number of aromatic nitrogens is 1. The number of hydrogen-bond donors (Lipinski definition) is 1. The van der Waals surface area contributed by atoms with Gasteiger partial charge in [-0.1, -0.05) is 12.1 Å². The van der Waals surface area contributed by atoms with Gasteiger partial charge in [-0.25, -0.2) is 5.43 Å². The Labute approximate surface area is 147 Å². The van der Waals surface area contributed by atoms with Crippen LogP contribution in [0, 0.1) is 0 Å². The van der Waals surface area contributed by atoms with Gasteiger partial charge in [0.2, 0.25) is 0 Å². The molecule has 0 saturated heterocycles. The van der Waals surface area contributed by atoms with Crippen LogP contribution in [0.5, 0.6) is 5.75 Å². The number of benzene rings is 1. The maximum Gasteiger partial charge on any atom is 0.276 e. The first-order chi connectivity index (χ1) is 11.9. The minimum absolute atomic E-state index is 0.0209. The summed E-state index contributed by atoms with van der Waals surface area (Å²) in [6, 6.07) is 10.5. The zero-order valence-corrected chi connectivity index (χ0v) is 14.9. The largest absolute Gasteiger partial charge is 0.491 e. The monoisotopic (exact) mass is 341 g/mol. The Morgan fingerprint density at radius 2 is 1.96 bits per heavy atom. The predicted molar refractivity (Wildman–Crippen MR) is 98.4 cm³/mol. The molecule has 0 bridgehead atoms. The molecule has 2 rings (SSSR count). The summed E-state index contributed by atoms with van der Waals surface area (Å²) in [6.07, 6.45) is 3.25. The van der Waals surface area contributed by atoms with Crippen molar-refractivity contribution in [2.24, 2.45) is 5.10 Å². The van der Waals surface area contributed by atoms with Crippen molar-refractivity contribution < 1.29 is 9.53 Å². The van der Waals surface area contributed by atoms with Crippen LogP contribution in [0.25, 0.3) is 0 Å². The molecular weight excluding hydrogens is 318 g/mol. The lowest BCUT2D eigenvalue weighted by atomic mass is 10.2. The first-order valence-corrected chi connectivity index (χ1v) is 8.19. The van der Waals surface area contributed by atoms with Crippen LogP contribution in [0.4, 0.5) is 0 Å². The minimum Gasteiger partial charge on any atom is -0.491 e. The maximum atomic E-state index is 12.3. The molecule has 0 aliphatic rings. The van der Waals surface area contributed by atoms with Crippen molar-refractivity contribution in [2.75, 3.05) is 0 Å². The maximum absolute atomic E-state index is 12.3. The number of pyridine rings is 1. The van der Waals surface area contributed by atoms with Gasteiger partial charge in [-0.05, 0) is 57.5 Å². The van der Waals surface area contributed by atoms with Gasteiger partial charge in [-0.3, -0.25) is 9.59 Å². The molecule has 0 fully saturated rings. The quantitative estimate of drug-likeness (QED) is 0.648. The van der Waals surface area contributed by atoms with E-state index < -0.39 is 5.91 Å². The molecule has 2 aromatic rings. The zero-order chi connectivity index (χ0) is 18.4. The molecule has 1 heterocycles. The molecule has 25 heavy (non-hydrogen) atoms. The lowest BCUT2D eigenvalue weighted by molar-refractivity contribution is 0.0953. The van der Waals surface area contributed by atoms with Gasteiger partial charge in [0.05, 0.1) is 12.3 Å². The summed E-state index contributed by atoms with van der Waals surface area (Å²) < 4.78 is 7.12. The van der Waals surface area contributed by atoms with Crippen LogP contribution in [-0.2, 0) is 0 Å². The number of carbonyl (C=O) groups excluding carboxylic acids is 1. The standard InChI is InChI=1S/C19H23N3O3/c1-13(2)22-10-6-9-17(19(22)24)18(23)21-20-12-15-7-5-8-16(11-15)25-14(3)4/h5-14H,1-4H3,(H,21,23)/b20-12-.